The van der Waals surface area contributed by atoms with Crippen molar-refractivity contribution in [1.82, 2.24) is 5.32 Å². The van der Waals surface area contributed by atoms with Crippen molar-refractivity contribution in [3.63, 3.8) is 0 Å². The summed E-state index contributed by atoms with van der Waals surface area (Å²) in [7, 11) is 0. The zero-order valence-corrected chi connectivity index (χ0v) is 12.4. The highest BCUT2D eigenvalue weighted by atomic mass is 16.6. The van der Waals surface area contributed by atoms with Crippen LogP contribution < -0.4 is 10.1 Å². The van der Waals surface area contributed by atoms with E-state index in [4.69, 9.17) is 9.47 Å². The Bertz CT molecular complexity index is 432. The first-order valence-electron chi connectivity index (χ1n) is 6.66. The standard InChI is InChI=1S/C16H23NO3/c1-5-10-19-14-8-6-13(7-9-14)11-17-12-15(18)20-16(2,3)4/h5-9,17H,1,10-12H2,2-4H3. The van der Waals surface area contributed by atoms with E-state index in [9.17, 15) is 4.79 Å². The monoisotopic (exact) mass is 277 g/mol. The van der Waals surface area contributed by atoms with E-state index in [1.807, 2.05) is 45.0 Å². The van der Waals surface area contributed by atoms with Gasteiger partial charge in [-0.2, -0.15) is 0 Å². The fourth-order valence-electron chi connectivity index (χ4n) is 1.55. The van der Waals surface area contributed by atoms with Gasteiger partial charge in [-0.25, -0.2) is 0 Å². The van der Waals surface area contributed by atoms with Gasteiger partial charge in [0.2, 0.25) is 0 Å². The third-order valence-electron chi connectivity index (χ3n) is 2.31. The summed E-state index contributed by atoms with van der Waals surface area (Å²) in [6.45, 7) is 10.5. The van der Waals surface area contributed by atoms with Crippen LogP contribution in [0.2, 0.25) is 0 Å². The molecule has 0 saturated carbocycles. The van der Waals surface area contributed by atoms with Crippen LogP contribution >= 0.6 is 0 Å². The zero-order chi connectivity index (χ0) is 15.0. The molecule has 1 rings (SSSR count). The number of benzene rings is 1. The Morgan fingerprint density at radius 1 is 1.30 bits per heavy atom. The summed E-state index contributed by atoms with van der Waals surface area (Å²) in [4.78, 5) is 11.5. The summed E-state index contributed by atoms with van der Waals surface area (Å²) in [6, 6.07) is 7.71. The lowest BCUT2D eigenvalue weighted by molar-refractivity contribution is -0.153. The molecule has 0 aliphatic carbocycles. The van der Waals surface area contributed by atoms with E-state index in [-0.39, 0.29) is 12.5 Å². The Balaban J connectivity index is 2.31. The molecular weight excluding hydrogens is 254 g/mol. The van der Waals surface area contributed by atoms with Crippen molar-refractivity contribution in [3.8, 4) is 5.75 Å². The molecule has 0 amide bonds. The van der Waals surface area contributed by atoms with E-state index in [1.165, 1.54) is 0 Å². The summed E-state index contributed by atoms with van der Waals surface area (Å²) >= 11 is 0. The van der Waals surface area contributed by atoms with Crippen molar-refractivity contribution in [2.45, 2.75) is 32.9 Å². The minimum atomic E-state index is -0.442. The van der Waals surface area contributed by atoms with Crippen LogP contribution in [0.25, 0.3) is 0 Å². The Morgan fingerprint density at radius 3 is 2.50 bits per heavy atom. The lowest BCUT2D eigenvalue weighted by Gasteiger charge is -2.19. The molecule has 4 nitrogen and oxygen atoms in total. The lowest BCUT2D eigenvalue weighted by atomic mass is 10.2. The number of nitrogens with one attached hydrogen (secondary N) is 1. The second-order valence-corrected chi connectivity index (χ2v) is 5.43. The summed E-state index contributed by atoms with van der Waals surface area (Å²) in [5.74, 6) is 0.559. The number of hydrogen-bond donors (Lipinski definition) is 1. The molecule has 0 fully saturated rings. The first kappa shape index (κ1) is 16.2. The molecule has 0 unspecified atom stereocenters. The molecule has 1 aromatic rings. The minimum absolute atomic E-state index is 0.200. The van der Waals surface area contributed by atoms with Crippen LogP contribution in [0, 0.1) is 0 Å². The fourth-order valence-corrected chi connectivity index (χ4v) is 1.55. The second-order valence-electron chi connectivity index (χ2n) is 5.43. The molecule has 110 valence electrons. The molecule has 0 spiro atoms. The number of esters is 1. The predicted molar refractivity (Wildman–Crippen MR) is 79.7 cm³/mol. The van der Waals surface area contributed by atoms with Gasteiger partial charge in [-0.1, -0.05) is 24.8 Å². The number of ether oxygens (including phenoxy) is 2. The Kier molecular flexibility index (Phi) is 6.25. The average molecular weight is 277 g/mol. The van der Waals surface area contributed by atoms with Gasteiger partial charge in [-0.05, 0) is 38.5 Å². The molecule has 0 aliphatic heterocycles. The average Bonchev–Trinajstić information content (AvgIpc) is 2.35. The third-order valence-corrected chi connectivity index (χ3v) is 2.31. The quantitative estimate of drug-likeness (QED) is 0.615. The highest BCUT2D eigenvalue weighted by molar-refractivity contribution is 5.72. The maximum absolute atomic E-state index is 11.5. The topological polar surface area (TPSA) is 47.6 Å². The SMILES string of the molecule is C=CCOc1ccc(CNCC(=O)OC(C)(C)C)cc1. The molecule has 20 heavy (non-hydrogen) atoms. The van der Waals surface area contributed by atoms with Gasteiger partial charge in [0.1, 0.15) is 18.0 Å². The van der Waals surface area contributed by atoms with E-state index >= 15 is 0 Å². The molecular formula is C16H23NO3. The molecule has 0 heterocycles. The molecule has 0 bridgehead atoms. The third kappa shape index (κ3) is 6.95. The first-order chi connectivity index (χ1) is 9.40. The number of carbonyl (C=O) groups is 1. The molecule has 0 aliphatic rings. The molecule has 0 radical (unpaired) electrons. The van der Waals surface area contributed by atoms with Crippen molar-refractivity contribution in [2.24, 2.45) is 0 Å². The maximum Gasteiger partial charge on any atom is 0.320 e. The van der Waals surface area contributed by atoms with Crippen LogP contribution in [0.3, 0.4) is 0 Å². The largest absolute Gasteiger partial charge is 0.490 e. The van der Waals surface area contributed by atoms with Crippen LogP contribution in [-0.2, 0) is 16.1 Å². The Morgan fingerprint density at radius 2 is 1.95 bits per heavy atom. The van der Waals surface area contributed by atoms with Crippen LogP contribution in [0.1, 0.15) is 26.3 Å². The molecule has 1 aromatic carbocycles. The van der Waals surface area contributed by atoms with Crippen molar-refractivity contribution < 1.29 is 14.3 Å². The number of rotatable bonds is 7. The van der Waals surface area contributed by atoms with Gasteiger partial charge in [0.15, 0.2) is 0 Å². The smallest absolute Gasteiger partial charge is 0.320 e. The predicted octanol–water partition coefficient (Wildman–Crippen LogP) is 2.68. The highest BCUT2D eigenvalue weighted by Gasteiger charge is 2.15. The Labute approximate surface area is 120 Å². The van der Waals surface area contributed by atoms with Crippen molar-refractivity contribution in [1.29, 1.82) is 0 Å². The Hall–Kier alpha value is -1.81. The maximum atomic E-state index is 11.5. The van der Waals surface area contributed by atoms with Crippen molar-refractivity contribution >= 4 is 5.97 Å². The van der Waals surface area contributed by atoms with Gasteiger partial charge in [0, 0.05) is 6.54 Å². The molecule has 0 atom stereocenters. The van der Waals surface area contributed by atoms with Gasteiger partial charge < -0.3 is 14.8 Å². The normalized spacial score (nSPS) is 10.9. The highest BCUT2D eigenvalue weighted by Crippen LogP contribution is 2.12. The number of hydrogen-bond acceptors (Lipinski definition) is 4. The van der Waals surface area contributed by atoms with E-state index in [0.29, 0.717) is 13.2 Å². The van der Waals surface area contributed by atoms with E-state index in [2.05, 4.69) is 11.9 Å². The first-order valence-corrected chi connectivity index (χ1v) is 6.66. The van der Waals surface area contributed by atoms with Crippen LogP contribution in [0.4, 0.5) is 0 Å². The molecule has 1 N–H and O–H groups in total. The van der Waals surface area contributed by atoms with Crippen molar-refractivity contribution in [2.75, 3.05) is 13.2 Å². The molecule has 0 aromatic heterocycles. The van der Waals surface area contributed by atoms with Gasteiger partial charge in [0.25, 0.3) is 0 Å². The number of carbonyl (C=O) groups excluding carboxylic acids is 1. The molecule has 4 heteroatoms. The van der Waals surface area contributed by atoms with Crippen LogP contribution in [0.5, 0.6) is 5.75 Å². The van der Waals surface area contributed by atoms with Crippen LogP contribution in [-0.4, -0.2) is 24.7 Å². The zero-order valence-electron chi connectivity index (χ0n) is 12.4. The van der Waals surface area contributed by atoms with Gasteiger partial charge in [-0.15, -0.1) is 0 Å². The minimum Gasteiger partial charge on any atom is -0.490 e. The van der Waals surface area contributed by atoms with Gasteiger partial charge in [0.05, 0.1) is 6.54 Å². The lowest BCUT2D eigenvalue weighted by Crippen LogP contribution is -2.31. The summed E-state index contributed by atoms with van der Waals surface area (Å²) in [5, 5.41) is 3.06. The van der Waals surface area contributed by atoms with Gasteiger partial charge >= 0.3 is 5.97 Å². The van der Waals surface area contributed by atoms with E-state index in [1.54, 1.807) is 6.08 Å². The van der Waals surface area contributed by atoms with Gasteiger partial charge in [-0.3, -0.25) is 4.79 Å². The molecule has 0 saturated heterocycles. The van der Waals surface area contributed by atoms with Crippen molar-refractivity contribution in [3.05, 3.63) is 42.5 Å². The van der Waals surface area contributed by atoms with E-state index in [0.717, 1.165) is 11.3 Å². The fraction of sp³-hybridized carbons (Fsp3) is 0.438. The second kappa shape index (κ2) is 7.70. The summed E-state index contributed by atoms with van der Waals surface area (Å²) in [6.07, 6.45) is 1.70. The van der Waals surface area contributed by atoms with E-state index < -0.39 is 5.60 Å². The summed E-state index contributed by atoms with van der Waals surface area (Å²) < 4.78 is 10.6. The summed E-state index contributed by atoms with van der Waals surface area (Å²) in [5.41, 5.74) is 0.641. The van der Waals surface area contributed by atoms with Crippen LogP contribution in [0.15, 0.2) is 36.9 Å².